The monoisotopic (exact) mass is 333 g/mol. The second kappa shape index (κ2) is 7.34. The van der Waals surface area contributed by atoms with Crippen LogP contribution in [0.4, 0.5) is 18.0 Å². The molecule has 0 aromatic heterocycles. The lowest BCUT2D eigenvalue weighted by Crippen LogP contribution is -2.36. The Bertz CT molecular complexity index is 547. The Balaban J connectivity index is 2.38. The highest BCUT2D eigenvalue weighted by atomic mass is 19.4. The molecule has 0 aliphatic carbocycles. The highest BCUT2D eigenvalue weighted by molar-refractivity contribution is 5.85. The Morgan fingerprint density at radius 2 is 1.65 bits per heavy atom. The maximum atomic E-state index is 12.4. The second-order valence-corrected chi connectivity index (χ2v) is 5.70. The lowest BCUT2D eigenvalue weighted by molar-refractivity contribution is -0.137. The summed E-state index contributed by atoms with van der Waals surface area (Å²) in [6, 6.07) is 3.96. The van der Waals surface area contributed by atoms with Crippen LogP contribution in [0.3, 0.4) is 0 Å². The number of hydrogen-bond acceptors (Lipinski definition) is 4. The maximum Gasteiger partial charge on any atom is 0.416 e. The highest BCUT2D eigenvalue weighted by Gasteiger charge is 2.30. The van der Waals surface area contributed by atoms with Gasteiger partial charge in [-0.2, -0.15) is 13.2 Å². The molecule has 0 saturated carbocycles. The molecule has 5 nitrogen and oxygen atoms in total. The van der Waals surface area contributed by atoms with E-state index in [0.717, 1.165) is 24.3 Å². The quantitative estimate of drug-likeness (QED) is 0.899. The molecule has 8 heteroatoms. The summed E-state index contributed by atoms with van der Waals surface area (Å²) in [4.78, 5) is 22.9. The minimum absolute atomic E-state index is 0.128. The van der Waals surface area contributed by atoms with Crippen molar-refractivity contribution in [2.75, 3.05) is 13.2 Å². The molecule has 0 heterocycles. The average molecular weight is 333 g/mol. The van der Waals surface area contributed by atoms with Crippen molar-refractivity contribution in [2.24, 2.45) is 0 Å². The number of alkyl halides is 3. The van der Waals surface area contributed by atoms with E-state index in [4.69, 9.17) is 9.47 Å². The number of Topliss-reactive ketones (excluding diaryl/α,β-unsaturated/α-hetero) is 1. The van der Waals surface area contributed by atoms with E-state index in [1.54, 1.807) is 20.8 Å². The molecule has 0 fully saturated rings. The molecule has 1 aromatic rings. The largest absolute Gasteiger partial charge is 0.486 e. The van der Waals surface area contributed by atoms with Crippen molar-refractivity contribution < 1.29 is 32.2 Å². The molecule has 23 heavy (non-hydrogen) atoms. The zero-order valence-electron chi connectivity index (χ0n) is 13.0. The molecule has 0 aliphatic heterocycles. The van der Waals surface area contributed by atoms with E-state index in [2.05, 4.69) is 5.32 Å². The summed E-state index contributed by atoms with van der Waals surface area (Å²) < 4.78 is 47.1. The first-order chi connectivity index (χ1) is 10.5. The van der Waals surface area contributed by atoms with Crippen LogP contribution in [-0.2, 0) is 15.7 Å². The normalized spacial score (nSPS) is 11.7. The van der Waals surface area contributed by atoms with Crippen LogP contribution in [0.5, 0.6) is 5.75 Å². The van der Waals surface area contributed by atoms with E-state index >= 15 is 0 Å². The molecule has 0 unspecified atom stereocenters. The molecule has 0 saturated heterocycles. The van der Waals surface area contributed by atoms with Gasteiger partial charge in [-0.25, -0.2) is 4.79 Å². The van der Waals surface area contributed by atoms with Crippen molar-refractivity contribution in [1.29, 1.82) is 0 Å². The Kier molecular flexibility index (Phi) is 6.00. The van der Waals surface area contributed by atoms with Gasteiger partial charge in [0, 0.05) is 0 Å². The van der Waals surface area contributed by atoms with Gasteiger partial charge in [0.15, 0.2) is 5.78 Å². The molecule has 128 valence electrons. The Morgan fingerprint density at radius 1 is 1.09 bits per heavy atom. The van der Waals surface area contributed by atoms with E-state index in [9.17, 15) is 22.8 Å². The van der Waals surface area contributed by atoms with Gasteiger partial charge in [0.25, 0.3) is 0 Å². The van der Waals surface area contributed by atoms with Crippen molar-refractivity contribution in [3.8, 4) is 5.75 Å². The van der Waals surface area contributed by atoms with Gasteiger partial charge < -0.3 is 14.8 Å². The van der Waals surface area contributed by atoms with Gasteiger partial charge in [-0.3, -0.25) is 4.79 Å². The van der Waals surface area contributed by atoms with Gasteiger partial charge in [0.2, 0.25) is 0 Å². The Hall–Kier alpha value is -2.25. The molecular weight excluding hydrogens is 315 g/mol. The number of halogens is 3. The van der Waals surface area contributed by atoms with Crippen LogP contribution in [0.2, 0.25) is 0 Å². The molecule has 1 N–H and O–H groups in total. The number of nitrogens with one attached hydrogen (secondary N) is 1. The molecule has 1 aromatic carbocycles. The predicted octanol–water partition coefficient (Wildman–Crippen LogP) is 3.18. The van der Waals surface area contributed by atoms with Crippen LogP contribution in [0.1, 0.15) is 26.3 Å². The lowest BCUT2D eigenvalue weighted by Gasteiger charge is -2.19. The Morgan fingerprint density at radius 3 is 2.13 bits per heavy atom. The SMILES string of the molecule is CC(C)(C)OC(=O)NCC(=O)COc1ccc(C(F)(F)F)cc1. The first-order valence-electron chi connectivity index (χ1n) is 6.76. The van der Waals surface area contributed by atoms with Gasteiger partial charge in [-0.15, -0.1) is 0 Å². The number of ketones is 1. The van der Waals surface area contributed by atoms with Gasteiger partial charge in [0.05, 0.1) is 12.1 Å². The third kappa shape index (κ3) is 7.53. The summed E-state index contributed by atoms with van der Waals surface area (Å²) in [5.41, 5.74) is -1.48. The van der Waals surface area contributed by atoms with E-state index in [1.165, 1.54) is 0 Å². The number of hydrogen-bond donors (Lipinski definition) is 1. The number of benzene rings is 1. The predicted molar refractivity (Wildman–Crippen MR) is 76.2 cm³/mol. The summed E-state index contributed by atoms with van der Waals surface area (Å²) in [5.74, 6) is -0.320. The van der Waals surface area contributed by atoms with Crippen molar-refractivity contribution in [3.63, 3.8) is 0 Å². The number of ether oxygens (including phenoxy) is 2. The number of carbonyl (C=O) groups is 2. The second-order valence-electron chi connectivity index (χ2n) is 5.70. The number of alkyl carbamates (subject to hydrolysis) is 1. The van der Waals surface area contributed by atoms with E-state index in [1.807, 2.05) is 0 Å². The summed E-state index contributed by atoms with van der Waals surface area (Å²) in [5, 5.41) is 2.26. The van der Waals surface area contributed by atoms with Crippen LogP contribution in [0, 0.1) is 0 Å². The van der Waals surface area contributed by atoms with Crippen molar-refractivity contribution in [1.82, 2.24) is 5.32 Å². The molecular formula is C15H18F3NO4. The molecule has 1 amide bonds. The fraction of sp³-hybridized carbons (Fsp3) is 0.467. The highest BCUT2D eigenvalue weighted by Crippen LogP contribution is 2.30. The molecule has 0 aliphatic rings. The molecule has 0 bridgehead atoms. The topological polar surface area (TPSA) is 64.6 Å². The zero-order valence-corrected chi connectivity index (χ0v) is 13.0. The summed E-state index contributed by atoms with van der Waals surface area (Å²) in [6.07, 6.45) is -5.16. The van der Waals surface area contributed by atoms with Crippen LogP contribution >= 0.6 is 0 Å². The lowest BCUT2D eigenvalue weighted by atomic mass is 10.2. The van der Waals surface area contributed by atoms with Crippen LogP contribution in [0.15, 0.2) is 24.3 Å². The van der Waals surface area contributed by atoms with E-state index in [-0.39, 0.29) is 18.9 Å². The first-order valence-corrected chi connectivity index (χ1v) is 6.76. The minimum Gasteiger partial charge on any atom is -0.486 e. The Labute approximate surface area is 131 Å². The smallest absolute Gasteiger partial charge is 0.416 e. The molecule has 0 spiro atoms. The molecule has 0 radical (unpaired) electrons. The fourth-order valence-corrected chi connectivity index (χ4v) is 1.44. The number of rotatable bonds is 5. The average Bonchev–Trinajstić information content (AvgIpc) is 2.40. The van der Waals surface area contributed by atoms with Gasteiger partial charge in [-0.1, -0.05) is 0 Å². The molecule has 1 rings (SSSR count). The maximum absolute atomic E-state index is 12.4. The summed E-state index contributed by atoms with van der Waals surface area (Å²) in [7, 11) is 0. The van der Waals surface area contributed by atoms with Crippen molar-refractivity contribution in [3.05, 3.63) is 29.8 Å². The van der Waals surface area contributed by atoms with Crippen molar-refractivity contribution in [2.45, 2.75) is 32.5 Å². The first kappa shape index (κ1) is 18.8. The van der Waals surface area contributed by atoms with E-state index < -0.39 is 29.2 Å². The van der Waals surface area contributed by atoms with Crippen LogP contribution < -0.4 is 10.1 Å². The van der Waals surface area contributed by atoms with E-state index in [0.29, 0.717) is 0 Å². The third-order valence-corrected chi connectivity index (χ3v) is 2.41. The number of carbonyl (C=O) groups excluding carboxylic acids is 2. The van der Waals surface area contributed by atoms with Crippen LogP contribution in [0.25, 0.3) is 0 Å². The summed E-state index contributed by atoms with van der Waals surface area (Å²) >= 11 is 0. The molecule has 0 atom stereocenters. The van der Waals surface area contributed by atoms with Crippen molar-refractivity contribution >= 4 is 11.9 Å². The van der Waals surface area contributed by atoms with Gasteiger partial charge in [0.1, 0.15) is 18.0 Å². The zero-order chi connectivity index (χ0) is 17.7. The minimum atomic E-state index is -4.42. The number of amides is 1. The fourth-order valence-electron chi connectivity index (χ4n) is 1.44. The summed E-state index contributed by atoms with van der Waals surface area (Å²) in [6.45, 7) is 4.38. The van der Waals surface area contributed by atoms with Gasteiger partial charge >= 0.3 is 12.3 Å². The van der Waals surface area contributed by atoms with Crippen LogP contribution in [-0.4, -0.2) is 30.6 Å². The third-order valence-electron chi connectivity index (χ3n) is 2.41. The standard InChI is InChI=1S/C15H18F3NO4/c1-14(2,3)23-13(21)19-8-11(20)9-22-12-6-4-10(5-7-12)15(16,17)18/h4-7H,8-9H2,1-3H3,(H,19,21). The van der Waals surface area contributed by atoms with Gasteiger partial charge in [-0.05, 0) is 45.0 Å².